The van der Waals surface area contributed by atoms with E-state index < -0.39 is 0 Å². The minimum absolute atomic E-state index is 0.632. The molecule has 22 heavy (non-hydrogen) atoms. The van der Waals surface area contributed by atoms with Gasteiger partial charge in [-0.1, -0.05) is 0 Å². The van der Waals surface area contributed by atoms with Crippen molar-refractivity contribution in [2.24, 2.45) is 5.92 Å². The monoisotopic (exact) mass is 299 g/mol. The predicted octanol–water partition coefficient (Wildman–Crippen LogP) is 2.84. The molecule has 0 spiro atoms. The Kier molecular flexibility index (Phi) is 4.52. The first-order chi connectivity index (χ1) is 10.6. The summed E-state index contributed by atoms with van der Waals surface area (Å²) in [5.41, 5.74) is 3.86. The minimum atomic E-state index is 0.632. The van der Waals surface area contributed by atoms with Crippen molar-refractivity contribution in [1.82, 2.24) is 25.1 Å². The van der Waals surface area contributed by atoms with E-state index in [2.05, 4.69) is 33.9 Å². The van der Waals surface area contributed by atoms with Gasteiger partial charge in [0.1, 0.15) is 11.4 Å². The van der Waals surface area contributed by atoms with Crippen LogP contribution in [-0.2, 0) is 6.42 Å². The second kappa shape index (κ2) is 6.57. The smallest absolute Gasteiger partial charge is 0.112 e. The minimum Gasteiger partial charge on any atom is -0.301 e. The summed E-state index contributed by atoms with van der Waals surface area (Å²) < 4.78 is 0. The summed E-state index contributed by atoms with van der Waals surface area (Å²) in [5.74, 6) is 0.682. The van der Waals surface area contributed by atoms with Crippen molar-refractivity contribution in [2.45, 2.75) is 46.1 Å². The van der Waals surface area contributed by atoms with E-state index in [-0.39, 0.29) is 0 Å². The van der Waals surface area contributed by atoms with E-state index in [0.717, 1.165) is 29.2 Å². The Morgan fingerprint density at radius 3 is 2.91 bits per heavy atom. The molecule has 1 saturated heterocycles. The summed E-state index contributed by atoms with van der Waals surface area (Å²) in [5, 5.41) is 7.24. The van der Waals surface area contributed by atoms with Crippen LogP contribution in [-0.4, -0.2) is 44.2 Å². The lowest BCUT2D eigenvalue weighted by Crippen LogP contribution is -2.40. The van der Waals surface area contributed by atoms with Crippen molar-refractivity contribution in [3.05, 3.63) is 29.8 Å². The molecule has 3 rings (SSSR count). The first-order valence-electron chi connectivity index (χ1n) is 8.19. The third-order valence-electron chi connectivity index (χ3n) is 4.43. The topological polar surface area (TPSA) is 57.7 Å². The lowest BCUT2D eigenvalue weighted by atomic mass is 9.93. The fraction of sp³-hybridized carbons (Fsp3) is 0.588. The third kappa shape index (κ3) is 3.53. The standard InChI is InChI=1S/C17H25N5/c1-12(2)22-6-4-5-14(11-22)8-15-9-18-10-17(19-15)16-7-13(3)20-21-16/h7,9-10,12,14H,4-6,8,11H2,1-3H3,(H,20,21)/t14-/m1/s1. The summed E-state index contributed by atoms with van der Waals surface area (Å²) >= 11 is 0. The van der Waals surface area contributed by atoms with Gasteiger partial charge in [0.25, 0.3) is 0 Å². The fourth-order valence-corrected chi connectivity index (χ4v) is 3.21. The number of aromatic amines is 1. The molecule has 0 aliphatic carbocycles. The van der Waals surface area contributed by atoms with E-state index in [4.69, 9.17) is 4.98 Å². The van der Waals surface area contributed by atoms with E-state index >= 15 is 0 Å². The van der Waals surface area contributed by atoms with Crippen LogP contribution in [0.15, 0.2) is 18.5 Å². The first kappa shape index (κ1) is 15.2. The van der Waals surface area contributed by atoms with Crippen molar-refractivity contribution in [3.63, 3.8) is 0 Å². The summed E-state index contributed by atoms with van der Waals surface area (Å²) in [6, 6.07) is 2.64. The largest absolute Gasteiger partial charge is 0.301 e. The molecule has 2 aromatic heterocycles. The Bertz CT molecular complexity index is 619. The summed E-state index contributed by atoms with van der Waals surface area (Å²) in [6.07, 6.45) is 7.27. The molecule has 0 unspecified atom stereocenters. The number of rotatable bonds is 4. The Morgan fingerprint density at radius 1 is 1.32 bits per heavy atom. The van der Waals surface area contributed by atoms with Crippen LogP contribution in [0.1, 0.15) is 38.1 Å². The Labute approximate surface area is 132 Å². The van der Waals surface area contributed by atoms with E-state index in [1.807, 2.05) is 19.2 Å². The molecule has 0 radical (unpaired) electrons. The molecule has 0 saturated carbocycles. The Balaban J connectivity index is 1.70. The SMILES string of the molecule is Cc1cc(-c2cncc(C[C@H]3CCCN(C(C)C)C3)n2)n[nH]1. The molecule has 1 fully saturated rings. The van der Waals surface area contributed by atoms with E-state index in [1.165, 1.54) is 25.9 Å². The van der Waals surface area contributed by atoms with Gasteiger partial charge in [-0.25, -0.2) is 4.98 Å². The average Bonchev–Trinajstić information content (AvgIpc) is 2.94. The molecule has 0 amide bonds. The molecule has 1 aliphatic heterocycles. The summed E-state index contributed by atoms with van der Waals surface area (Å²) in [6.45, 7) is 8.96. The van der Waals surface area contributed by atoms with Crippen LogP contribution in [0.3, 0.4) is 0 Å². The van der Waals surface area contributed by atoms with E-state index in [9.17, 15) is 0 Å². The molecular formula is C17H25N5. The fourth-order valence-electron chi connectivity index (χ4n) is 3.21. The molecule has 1 N–H and O–H groups in total. The Morgan fingerprint density at radius 2 is 2.18 bits per heavy atom. The van der Waals surface area contributed by atoms with Crippen LogP contribution in [0.25, 0.3) is 11.4 Å². The van der Waals surface area contributed by atoms with Gasteiger partial charge in [-0.2, -0.15) is 5.10 Å². The van der Waals surface area contributed by atoms with Crippen LogP contribution in [0.2, 0.25) is 0 Å². The highest BCUT2D eigenvalue weighted by molar-refractivity contribution is 5.52. The zero-order valence-electron chi connectivity index (χ0n) is 13.7. The van der Waals surface area contributed by atoms with Gasteiger partial charge in [-0.15, -0.1) is 0 Å². The van der Waals surface area contributed by atoms with Gasteiger partial charge in [-0.3, -0.25) is 10.1 Å². The normalized spacial score (nSPS) is 19.7. The van der Waals surface area contributed by atoms with Gasteiger partial charge in [0.15, 0.2) is 0 Å². The van der Waals surface area contributed by atoms with Gasteiger partial charge in [0.05, 0.1) is 11.9 Å². The van der Waals surface area contributed by atoms with Gasteiger partial charge >= 0.3 is 0 Å². The number of hydrogen-bond donors (Lipinski definition) is 1. The molecule has 118 valence electrons. The van der Waals surface area contributed by atoms with E-state index in [1.54, 1.807) is 6.20 Å². The van der Waals surface area contributed by atoms with E-state index in [0.29, 0.717) is 12.0 Å². The molecule has 2 aromatic rings. The molecule has 0 bridgehead atoms. The van der Waals surface area contributed by atoms with Crippen LogP contribution < -0.4 is 0 Å². The zero-order chi connectivity index (χ0) is 15.5. The number of nitrogens with one attached hydrogen (secondary N) is 1. The van der Waals surface area contributed by atoms with Crippen molar-refractivity contribution in [3.8, 4) is 11.4 Å². The molecule has 5 heteroatoms. The van der Waals surface area contributed by atoms with Crippen LogP contribution >= 0.6 is 0 Å². The third-order valence-corrected chi connectivity index (χ3v) is 4.43. The molecule has 3 heterocycles. The number of hydrogen-bond acceptors (Lipinski definition) is 4. The van der Waals surface area contributed by atoms with Crippen molar-refractivity contribution < 1.29 is 0 Å². The molecule has 1 aliphatic rings. The molecule has 5 nitrogen and oxygen atoms in total. The molecule has 0 aromatic carbocycles. The second-order valence-electron chi connectivity index (χ2n) is 6.63. The summed E-state index contributed by atoms with van der Waals surface area (Å²) in [4.78, 5) is 11.7. The van der Waals surface area contributed by atoms with Gasteiger partial charge < -0.3 is 4.90 Å². The quantitative estimate of drug-likeness (QED) is 0.943. The number of piperidine rings is 1. The van der Waals surface area contributed by atoms with Crippen LogP contribution in [0, 0.1) is 12.8 Å². The highest BCUT2D eigenvalue weighted by atomic mass is 15.2. The Hall–Kier alpha value is -1.75. The van der Waals surface area contributed by atoms with Crippen LogP contribution in [0.5, 0.6) is 0 Å². The van der Waals surface area contributed by atoms with Crippen molar-refractivity contribution >= 4 is 0 Å². The maximum Gasteiger partial charge on any atom is 0.112 e. The number of nitrogens with zero attached hydrogens (tertiary/aromatic N) is 4. The lowest BCUT2D eigenvalue weighted by molar-refractivity contribution is 0.139. The second-order valence-corrected chi connectivity index (χ2v) is 6.63. The number of H-pyrrole nitrogens is 1. The van der Waals surface area contributed by atoms with Crippen LogP contribution in [0.4, 0.5) is 0 Å². The van der Waals surface area contributed by atoms with Crippen molar-refractivity contribution in [1.29, 1.82) is 0 Å². The molecule has 1 atom stereocenters. The van der Waals surface area contributed by atoms with Gasteiger partial charge in [-0.05, 0) is 58.6 Å². The number of aryl methyl sites for hydroxylation is 1. The number of aromatic nitrogens is 4. The average molecular weight is 299 g/mol. The lowest BCUT2D eigenvalue weighted by Gasteiger charge is -2.35. The molecular weight excluding hydrogens is 274 g/mol. The highest BCUT2D eigenvalue weighted by Crippen LogP contribution is 2.22. The number of likely N-dealkylation sites (tertiary alicyclic amines) is 1. The predicted molar refractivity (Wildman–Crippen MR) is 87.5 cm³/mol. The maximum absolute atomic E-state index is 4.76. The van der Waals surface area contributed by atoms with Gasteiger partial charge in [0, 0.05) is 24.5 Å². The maximum atomic E-state index is 4.76. The summed E-state index contributed by atoms with van der Waals surface area (Å²) in [7, 11) is 0. The highest BCUT2D eigenvalue weighted by Gasteiger charge is 2.22. The van der Waals surface area contributed by atoms with Gasteiger partial charge in [0.2, 0.25) is 0 Å². The zero-order valence-corrected chi connectivity index (χ0v) is 13.7. The van der Waals surface area contributed by atoms with Crippen molar-refractivity contribution in [2.75, 3.05) is 13.1 Å². The first-order valence-corrected chi connectivity index (χ1v) is 8.19.